The molecule has 0 aromatic carbocycles. The smallest absolute Gasteiger partial charge is 0.216 e. The summed E-state index contributed by atoms with van der Waals surface area (Å²) in [5, 5.41) is 0. The first kappa shape index (κ1) is 11.5. The van der Waals surface area contributed by atoms with Crippen molar-refractivity contribution in [1.29, 1.82) is 0 Å². The Morgan fingerprint density at radius 3 is 2.71 bits per heavy atom. The summed E-state index contributed by atoms with van der Waals surface area (Å²) >= 11 is 0. The van der Waals surface area contributed by atoms with E-state index in [-0.39, 0.29) is 0 Å². The van der Waals surface area contributed by atoms with Gasteiger partial charge in [0.15, 0.2) is 0 Å². The third-order valence-corrected chi connectivity index (χ3v) is 2.30. The Balaban J connectivity index is 1.73. The second kappa shape index (κ2) is 5.94. The van der Waals surface area contributed by atoms with E-state index in [1.165, 1.54) is 11.6 Å². The Morgan fingerprint density at radius 1 is 1.12 bits per heavy atom. The molecule has 0 aliphatic carbocycles. The zero-order valence-corrected chi connectivity index (χ0v) is 9.34. The maximum atomic E-state index is 12.7. The molecule has 17 heavy (non-hydrogen) atoms. The normalized spacial score (nSPS) is 10.2. The molecule has 0 fully saturated rings. The van der Waals surface area contributed by atoms with Gasteiger partial charge in [0.1, 0.15) is 0 Å². The van der Waals surface area contributed by atoms with Crippen LogP contribution in [0.4, 0.5) is 4.39 Å². The molecular formula is C13H13FN2O. The van der Waals surface area contributed by atoms with Crippen molar-refractivity contribution in [3.63, 3.8) is 0 Å². The van der Waals surface area contributed by atoms with E-state index < -0.39 is 5.95 Å². The van der Waals surface area contributed by atoms with E-state index in [9.17, 15) is 4.39 Å². The summed E-state index contributed by atoms with van der Waals surface area (Å²) in [6.07, 6.45) is 5.31. The lowest BCUT2D eigenvalue weighted by Gasteiger charge is -2.04. The third kappa shape index (κ3) is 3.83. The maximum absolute atomic E-state index is 12.7. The molecule has 0 saturated heterocycles. The molecular weight excluding hydrogens is 219 g/mol. The molecule has 4 heteroatoms. The highest BCUT2D eigenvalue weighted by atomic mass is 19.1. The van der Waals surface area contributed by atoms with E-state index in [1.54, 1.807) is 24.5 Å². The van der Waals surface area contributed by atoms with Crippen molar-refractivity contribution in [2.45, 2.75) is 12.8 Å². The SMILES string of the molecule is Fc1cccc(OCCCc2ccncc2)n1. The standard InChI is InChI=1S/C13H13FN2O/c14-12-4-1-5-13(16-12)17-10-2-3-11-6-8-15-9-7-11/h1,4-9H,2-3,10H2. The number of ether oxygens (including phenoxy) is 1. The molecule has 0 radical (unpaired) electrons. The van der Waals surface area contributed by atoms with Crippen molar-refractivity contribution < 1.29 is 9.13 Å². The fourth-order valence-corrected chi connectivity index (χ4v) is 1.47. The van der Waals surface area contributed by atoms with Crippen LogP contribution in [-0.4, -0.2) is 16.6 Å². The second-order valence-electron chi connectivity index (χ2n) is 3.61. The molecule has 0 amide bonds. The summed E-state index contributed by atoms with van der Waals surface area (Å²) in [6, 6.07) is 8.47. The topological polar surface area (TPSA) is 35.0 Å². The molecule has 2 heterocycles. The summed E-state index contributed by atoms with van der Waals surface area (Å²) < 4.78 is 18.1. The molecule has 2 rings (SSSR count). The quantitative estimate of drug-likeness (QED) is 0.587. The van der Waals surface area contributed by atoms with Gasteiger partial charge in [-0.25, -0.2) is 0 Å². The Labute approximate surface area is 99.3 Å². The van der Waals surface area contributed by atoms with Crippen LogP contribution in [0.1, 0.15) is 12.0 Å². The van der Waals surface area contributed by atoms with Gasteiger partial charge in [0.25, 0.3) is 0 Å². The number of rotatable bonds is 5. The minimum absolute atomic E-state index is 0.333. The fraction of sp³-hybridized carbons (Fsp3) is 0.231. The lowest BCUT2D eigenvalue weighted by atomic mass is 10.1. The van der Waals surface area contributed by atoms with Crippen LogP contribution in [0.2, 0.25) is 0 Å². The summed E-state index contributed by atoms with van der Waals surface area (Å²) in [5.74, 6) is -0.184. The van der Waals surface area contributed by atoms with Gasteiger partial charge in [0, 0.05) is 18.5 Å². The van der Waals surface area contributed by atoms with E-state index >= 15 is 0 Å². The predicted molar refractivity (Wildman–Crippen MR) is 62.2 cm³/mol. The largest absolute Gasteiger partial charge is 0.478 e. The fourth-order valence-electron chi connectivity index (χ4n) is 1.47. The Bertz CT molecular complexity index is 462. The van der Waals surface area contributed by atoms with Crippen molar-refractivity contribution >= 4 is 0 Å². The lowest BCUT2D eigenvalue weighted by molar-refractivity contribution is 0.294. The number of hydrogen-bond donors (Lipinski definition) is 0. The van der Waals surface area contributed by atoms with Gasteiger partial charge in [0.05, 0.1) is 6.61 Å². The van der Waals surface area contributed by atoms with Crippen molar-refractivity contribution in [1.82, 2.24) is 9.97 Å². The van der Waals surface area contributed by atoms with Gasteiger partial charge in [-0.2, -0.15) is 9.37 Å². The van der Waals surface area contributed by atoms with Crippen LogP contribution in [0.25, 0.3) is 0 Å². The van der Waals surface area contributed by atoms with Crippen molar-refractivity contribution in [2.75, 3.05) is 6.61 Å². The number of aromatic nitrogens is 2. The van der Waals surface area contributed by atoms with Gasteiger partial charge < -0.3 is 4.74 Å². The zero-order valence-electron chi connectivity index (χ0n) is 9.34. The van der Waals surface area contributed by atoms with E-state index in [0.29, 0.717) is 12.5 Å². The number of nitrogens with zero attached hydrogens (tertiary/aromatic N) is 2. The highest BCUT2D eigenvalue weighted by Crippen LogP contribution is 2.07. The Morgan fingerprint density at radius 2 is 1.94 bits per heavy atom. The number of halogens is 1. The molecule has 0 spiro atoms. The first-order chi connectivity index (χ1) is 8.34. The average Bonchev–Trinajstić information content (AvgIpc) is 2.36. The summed E-state index contributed by atoms with van der Waals surface area (Å²) in [7, 11) is 0. The lowest BCUT2D eigenvalue weighted by Crippen LogP contribution is -2.01. The van der Waals surface area contributed by atoms with Crippen LogP contribution in [0, 0.1) is 5.95 Å². The highest BCUT2D eigenvalue weighted by molar-refractivity contribution is 5.11. The van der Waals surface area contributed by atoms with Gasteiger partial charge in [-0.3, -0.25) is 4.98 Å². The molecule has 0 aliphatic rings. The summed E-state index contributed by atoms with van der Waals surface area (Å²) in [4.78, 5) is 7.57. The predicted octanol–water partition coefficient (Wildman–Crippen LogP) is 2.63. The summed E-state index contributed by atoms with van der Waals surface area (Å²) in [5.41, 5.74) is 1.22. The van der Waals surface area contributed by atoms with Crippen LogP contribution >= 0.6 is 0 Å². The summed E-state index contributed by atoms with van der Waals surface area (Å²) in [6.45, 7) is 0.527. The average molecular weight is 232 g/mol. The minimum atomic E-state index is -0.517. The van der Waals surface area contributed by atoms with Crippen LogP contribution < -0.4 is 4.74 Å². The molecule has 0 bridgehead atoms. The third-order valence-electron chi connectivity index (χ3n) is 2.30. The Hall–Kier alpha value is -1.97. The second-order valence-corrected chi connectivity index (χ2v) is 3.61. The molecule has 3 nitrogen and oxygen atoms in total. The molecule has 0 N–H and O–H groups in total. The maximum Gasteiger partial charge on any atom is 0.216 e. The van der Waals surface area contributed by atoms with E-state index in [2.05, 4.69) is 9.97 Å². The van der Waals surface area contributed by atoms with Crippen LogP contribution in [0.5, 0.6) is 5.88 Å². The molecule has 0 atom stereocenters. The van der Waals surface area contributed by atoms with Crippen LogP contribution in [-0.2, 0) is 6.42 Å². The van der Waals surface area contributed by atoms with Gasteiger partial charge in [-0.05, 0) is 36.6 Å². The molecule has 0 unspecified atom stereocenters. The van der Waals surface area contributed by atoms with E-state index in [1.807, 2.05) is 12.1 Å². The van der Waals surface area contributed by atoms with Crippen molar-refractivity contribution in [3.8, 4) is 5.88 Å². The van der Waals surface area contributed by atoms with Gasteiger partial charge >= 0.3 is 0 Å². The molecule has 2 aromatic heterocycles. The molecule has 88 valence electrons. The van der Waals surface area contributed by atoms with Crippen LogP contribution in [0.15, 0.2) is 42.7 Å². The molecule has 0 saturated carbocycles. The molecule has 2 aromatic rings. The van der Waals surface area contributed by atoms with Gasteiger partial charge in [-0.15, -0.1) is 0 Å². The Kier molecular flexibility index (Phi) is 4.02. The monoisotopic (exact) mass is 232 g/mol. The highest BCUT2D eigenvalue weighted by Gasteiger charge is 1.98. The van der Waals surface area contributed by atoms with E-state index in [0.717, 1.165) is 12.8 Å². The van der Waals surface area contributed by atoms with Gasteiger partial charge in [0.2, 0.25) is 11.8 Å². The van der Waals surface area contributed by atoms with Gasteiger partial charge in [-0.1, -0.05) is 6.07 Å². The molecule has 0 aliphatic heterocycles. The first-order valence-electron chi connectivity index (χ1n) is 5.49. The number of hydrogen-bond acceptors (Lipinski definition) is 3. The van der Waals surface area contributed by atoms with Crippen LogP contribution in [0.3, 0.4) is 0 Å². The van der Waals surface area contributed by atoms with Crippen molar-refractivity contribution in [2.24, 2.45) is 0 Å². The zero-order chi connectivity index (χ0) is 11.9. The number of aryl methyl sites for hydroxylation is 1. The minimum Gasteiger partial charge on any atom is -0.478 e. The van der Waals surface area contributed by atoms with Crippen molar-refractivity contribution in [3.05, 3.63) is 54.2 Å². The first-order valence-corrected chi connectivity index (χ1v) is 5.49. The van der Waals surface area contributed by atoms with E-state index in [4.69, 9.17) is 4.74 Å². The number of pyridine rings is 2.